The molecule has 0 bridgehead atoms. The van der Waals surface area contributed by atoms with E-state index in [9.17, 15) is 19.8 Å². The van der Waals surface area contributed by atoms with E-state index < -0.39 is 78.6 Å². The number of carbonyl (C=O) groups excluding carboxylic acids is 2. The largest absolute Gasteiger partial charge is 0.387 e. The summed E-state index contributed by atoms with van der Waals surface area (Å²) in [5, 5.41) is 22.4. The number of hydrogen-bond donors (Lipinski definition) is 6. The molecule has 0 spiro atoms. The van der Waals surface area contributed by atoms with Crippen molar-refractivity contribution in [1.82, 2.24) is 83.4 Å². The van der Waals surface area contributed by atoms with Crippen LogP contribution in [0.5, 0.6) is 0 Å². The second-order valence-corrected chi connectivity index (χ2v) is 24.0. The molecule has 0 aliphatic carbocycles. The van der Waals surface area contributed by atoms with Crippen LogP contribution in [-0.2, 0) is 66.4 Å². The quantitative estimate of drug-likeness (QED) is 0.0938. The standard InChI is InChI=1S/C16H22N4O4.C15H21N5O4.C15H19N5O4.C11H14N6O4/c1-5-21-6-10-12-13(24-16(3,4)23-12)15(22-10)20-8-19-11-9(2)17-7-18-14(11)20;1-4-21-5-8-10-11(24-15(2,3)23-10)14(22-8)20-7-19-9-12(16)17-6-18-13(9)20;1-4-7(21)9-10-11(24-15(2,3)23-10)14(22-9)20-6-19-8-12(16)17-5-18-13(8)20;1-13-10(20)7-5(18)6(19)11(21-7)17-3-16-4-8(12)14-2-15-9(4)17/h7-8,10,12-13,15H,5-6H2,1-4H3;6-8,10-11,14H,4-5H2,1-3H3,(H2,16,17,18);5-6,9-11,14H,4H2,1-3H3,(H2,16,17,18);2-3,5-7,11,18-19H,1H3,(H,13,20)(H2,12,14,15)/t10-,12-,13-,15-;8-,10-,11-,14-;9-,10-,11-,14-;5-,6+,7-,11+/m1110/s1. The molecule has 7 saturated heterocycles. The lowest BCUT2D eigenvalue weighted by Gasteiger charge is -2.24. The molecule has 15 heterocycles. The predicted octanol–water partition coefficient (Wildman–Crippen LogP) is 1.03. The molecule has 16 atom stereocenters. The number of likely N-dealkylation sites (N-methyl/N-ethyl adjacent to an activating group) is 1. The molecule has 93 heavy (non-hydrogen) atoms. The molecule has 7 fully saturated rings. The summed E-state index contributed by atoms with van der Waals surface area (Å²) in [6, 6.07) is 0. The third-order valence-electron chi connectivity index (χ3n) is 16.5. The number of ether oxygens (including phenoxy) is 12. The molecule has 0 radical (unpaired) electrons. The summed E-state index contributed by atoms with van der Waals surface area (Å²) in [7, 11) is 1.42. The number of nitrogens with two attached hydrogens (primary N) is 3. The first-order valence-corrected chi connectivity index (χ1v) is 30.3. The molecule has 1 amide bonds. The first-order chi connectivity index (χ1) is 44.4. The summed E-state index contributed by atoms with van der Waals surface area (Å²) in [6.07, 6.45) is 3.16. The highest BCUT2D eigenvalue weighted by Gasteiger charge is 2.60. The minimum atomic E-state index is -1.36. The van der Waals surface area contributed by atoms with Gasteiger partial charge in [0.1, 0.15) is 115 Å². The van der Waals surface area contributed by atoms with Gasteiger partial charge in [0.15, 0.2) is 94.2 Å². The first-order valence-electron chi connectivity index (χ1n) is 30.3. The summed E-state index contributed by atoms with van der Waals surface area (Å²) in [4.78, 5) is 73.8. The van der Waals surface area contributed by atoms with Crippen LogP contribution < -0.4 is 22.5 Å². The van der Waals surface area contributed by atoms with Gasteiger partial charge in [-0.15, -0.1) is 0 Å². The normalized spacial score (nSPS) is 31.0. The number of nitrogens with zero attached hydrogens (tertiary/aromatic N) is 16. The maximum atomic E-state index is 12.3. The molecular weight excluding hydrogens is 1220 g/mol. The van der Waals surface area contributed by atoms with E-state index in [0.717, 1.165) is 16.9 Å². The number of anilines is 3. The smallest absolute Gasteiger partial charge is 0.251 e. The van der Waals surface area contributed by atoms with E-state index in [1.807, 2.05) is 71.4 Å². The van der Waals surface area contributed by atoms with Crippen molar-refractivity contribution in [3.8, 4) is 0 Å². The maximum Gasteiger partial charge on any atom is 0.251 e. The summed E-state index contributed by atoms with van der Waals surface area (Å²) >= 11 is 0. The molecule has 36 heteroatoms. The Morgan fingerprint density at radius 1 is 0.484 bits per heavy atom. The van der Waals surface area contributed by atoms with Crippen LogP contribution in [0.4, 0.5) is 17.5 Å². The number of aliphatic hydroxyl groups excluding tert-OH is 2. The lowest BCUT2D eigenvalue weighted by molar-refractivity contribution is -0.201. The molecule has 7 aliphatic heterocycles. The Labute approximate surface area is 530 Å². The number of carbonyl (C=O) groups is 2. The molecule has 7 aliphatic rings. The van der Waals surface area contributed by atoms with Crippen LogP contribution in [0, 0.1) is 6.92 Å². The Balaban J connectivity index is 0.000000119. The Bertz CT molecular complexity index is 3870. The van der Waals surface area contributed by atoms with E-state index in [2.05, 4.69) is 65.1 Å². The fraction of sp³-hybridized carbons (Fsp3) is 0.614. The minimum absolute atomic E-state index is 0.0210. The van der Waals surface area contributed by atoms with Crippen LogP contribution in [0.25, 0.3) is 44.7 Å². The molecular formula is C57H76N20O16. The van der Waals surface area contributed by atoms with Gasteiger partial charge < -0.3 is 89.6 Å². The number of aryl methyl sites for hydroxylation is 1. The number of nitrogens with one attached hydrogen (secondary N) is 1. The number of nitrogen functional groups attached to an aromatic ring is 3. The van der Waals surface area contributed by atoms with Crippen molar-refractivity contribution in [2.75, 3.05) is 50.7 Å². The lowest BCUT2D eigenvalue weighted by atomic mass is 10.1. The third-order valence-corrected chi connectivity index (χ3v) is 16.5. The number of hydrogen-bond acceptors (Lipinski definition) is 31. The highest BCUT2D eigenvalue weighted by molar-refractivity contribution is 5.85. The number of ketones is 1. The van der Waals surface area contributed by atoms with Crippen molar-refractivity contribution >= 4 is 73.8 Å². The second-order valence-electron chi connectivity index (χ2n) is 24.0. The van der Waals surface area contributed by atoms with Crippen LogP contribution in [0.3, 0.4) is 0 Å². The number of imidazole rings is 4. The predicted molar refractivity (Wildman–Crippen MR) is 321 cm³/mol. The summed E-state index contributed by atoms with van der Waals surface area (Å²) < 4.78 is 77.9. The molecule has 500 valence electrons. The van der Waals surface area contributed by atoms with Gasteiger partial charge in [-0.25, -0.2) is 59.8 Å². The minimum Gasteiger partial charge on any atom is -0.387 e. The van der Waals surface area contributed by atoms with E-state index in [4.69, 9.17) is 74.0 Å². The van der Waals surface area contributed by atoms with Crippen LogP contribution in [0.1, 0.15) is 99.3 Å². The van der Waals surface area contributed by atoms with Gasteiger partial charge in [0, 0.05) is 26.7 Å². The Morgan fingerprint density at radius 3 is 1.26 bits per heavy atom. The number of rotatable bonds is 13. The highest BCUT2D eigenvalue weighted by Crippen LogP contribution is 2.47. The zero-order valence-electron chi connectivity index (χ0n) is 52.9. The van der Waals surface area contributed by atoms with Crippen LogP contribution >= 0.6 is 0 Å². The van der Waals surface area contributed by atoms with E-state index in [-0.39, 0.29) is 54.5 Å². The Hall–Kier alpha value is -7.82. The number of Topliss-reactive ketones (excluding diaryl/α,β-unsaturated/α-hetero) is 1. The van der Waals surface area contributed by atoms with Crippen molar-refractivity contribution in [3.05, 3.63) is 56.3 Å². The van der Waals surface area contributed by atoms with Crippen LogP contribution in [0.15, 0.2) is 50.6 Å². The third kappa shape index (κ3) is 12.4. The molecule has 0 saturated carbocycles. The van der Waals surface area contributed by atoms with Gasteiger partial charge in [0.25, 0.3) is 5.91 Å². The maximum absolute atomic E-state index is 12.3. The van der Waals surface area contributed by atoms with Crippen molar-refractivity contribution in [2.45, 2.75) is 191 Å². The lowest BCUT2D eigenvalue weighted by Crippen LogP contribution is -2.41. The molecule has 36 nitrogen and oxygen atoms in total. The van der Waals surface area contributed by atoms with Crippen molar-refractivity contribution < 1.29 is 76.6 Å². The van der Waals surface area contributed by atoms with Gasteiger partial charge >= 0.3 is 0 Å². The second kappa shape index (κ2) is 25.8. The Morgan fingerprint density at radius 2 is 0.839 bits per heavy atom. The van der Waals surface area contributed by atoms with Gasteiger partial charge in [-0.2, -0.15) is 0 Å². The Kier molecular flexibility index (Phi) is 18.1. The van der Waals surface area contributed by atoms with Crippen molar-refractivity contribution in [3.63, 3.8) is 0 Å². The first kappa shape index (κ1) is 65.3. The van der Waals surface area contributed by atoms with E-state index in [1.54, 1.807) is 30.5 Å². The number of aromatic nitrogens is 16. The molecule has 0 aromatic carbocycles. The highest BCUT2D eigenvalue weighted by atomic mass is 16.8. The average molecular weight is 1300 g/mol. The van der Waals surface area contributed by atoms with Crippen molar-refractivity contribution in [2.24, 2.45) is 0 Å². The zero-order chi connectivity index (χ0) is 66.0. The summed E-state index contributed by atoms with van der Waals surface area (Å²) in [5.74, 6) is -1.84. The van der Waals surface area contributed by atoms with Crippen molar-refractivity contribution in [1.29, 1.82) is 0 Å². The van der Waals surface area contributed by atoms with Gasteiger partial charge in [-0.1, -0.05) is 6.92 Å². The van der Waals surface area contributed by atoms with E-state index in [0.29, 0.717) is 78.0 Å². The topological polar surface area (TPSA) is 450 Å². The number of amides is 1. The summed E-state index contributed by atoms with van der Waals surface area (Å²) in [6.45, 7) is 21.0. The van der Waals surface area contributed by atoms with Gasteiger partial charge in [0.05, 0.1) is 44.2 Å². The van der Waals surface area contributed by atoms with Crippen LogP contribution in [0.2, 0.25) is 0 Å². The van der Waals surface area contributed by atoms with Crippen LogP contribution in [-0.4, -0.2) is 224 Å². The molecule has 8 aromatic rings. The van der Waals surface area contributed by atoms with E-state index >= 15 is 0 Å². The molecule has 15 rings (SSSR count). The molecule has 0 unspecified atom stereocenters. The molecule has 9 N–H and O–H groups in total. The van der Waals surface area contributed by atoms with Gasteiger partial charge in [-0.3, -0.25) is 27.9 Å². The zero-order valence-corrected chi connectivity index (χ0v) is 52.9. The van der Waals surface area contributed by atoms with Gasteiger partial charge in [-0.05, 0) is 62.3 Å². The summed E-state index contributed by atoms with van der Waals surface area (Å²) in [5.41, 5.74) is 22.6. The number of fused-ring (bicyclic) bond motifs is 7. The fourth-order valence-electron chi connectivity index (χ4n) is 12.3. The number of aliphatic hydroxyl groups is 2. The monoisotopic (exact) mass is 1300 g/mol. The molecule has 8 aromatic heterocycles. The average Bonchev–Trinajstić information content (AvgIpc) is 1.61. The van der Waals surface area contributed by atoms with Gasteiger partial charge in [0.2, 0.25) is 0 Å². The fourth-order valence-corrected chi connectivity index (χ4v) is 12.3. The SMILES string of the molecule is CCC(=O)[C@H]1O[C@@H](n2cnc3c(N)ncnc32)[C@@H]2OC(C)(C)O[C@@H]21.CCOC[C@H]1O[C@@H](n2cnc3c(C)ncnc32)[C@@H]2OC(C)(C)O[C@@H]21.CCOC[C@H]1O[C@@H](n2cnc3c(N)ncnc32)[C@@H]2OC(C)(C)O[C@@H]21.CNC(=O)[C@H]1O[C@@H](n2cnc3c(N)ncnc32)[C@H](O)[C@@H]1O. The van der Waals surface area contributed by atoms with E-state index in [1.165, 1.54) is 43.3 Å².